The highest BCUT2D eigenvalue weighted by molar-refractivity contribution is 6.14. The van der Waals surface area contributed by atoms with Crippen LogP contribution in [0.3, 0.4) is 0 Å². The lowest BCUT2D eigenvalue weighted by Crippen LogP contribution is -2.16. The summed E-state index contributed by atoms with van der Waals surface area (Å²) in [6, 6.07) is 154. The molecule has 0 bridgehead atoms. The van der Waals surface area contributed by atoms with Crippen molar-refractivity contribution >= 4 is 72.8 Å². The lowest BCUT2D eigenvalue weighted by molar-refractivity contribution is 0.658. The van der Waals surface area contributed by atoms with Crippen LogP contribution in [0.2, 0.25) is 0 Å². The average molecular weight is 1570 g/mol. The van der Waals surface area contributed by atoms with E-state index in [0.717, 1.165) is 90.3 Å². The van der Waals surface area contributed by atoms with E-state index in [2.05, 4.69) is 467 Å². The van der Waals surface area contributed by atoms with Gasteiger partial charge in [-0.25, -0.2) is 0 Å². The highest BCUT2D eigenvalue weighted by atomic mass is 15.1. The zero-order valence-corrected chi connectivity index (χ0v) is 69.5. The Balaban J connectivity index is 0.585. The summed E-state index contributed by atoms with van der Waals surface area (Å²) in [7, 11) is 0. The zero-order valence-electron chi connectivity index (χ0n) is 69.5. The van der Waals surface area contributed by atoms with E-state index in [0.29, 0.717) is 0 Å². The van der Waals surface area contributed by atoms with Gasteiger partial charge in [-0.3, -0.25) is 0 Å². The summed E-state index contributed by atoms with van der Waals surface area (Å²) in [5.41, 5.74) is 43.4. The van der Waals surface area contributed by atoms with E-state index >= 15 is 0 Å². The van der Waals surface area contributed by atoms with Gasteiger partial charge in [0.1, 0.15) is 0 Å². The van der Waals surface area contributed by atoms with Crippen molar-refractivity contribution in [3.63, 3.8) is 0 Å². The van der Waals surface area contributed by atoms with E-state index in [1.807, 2.05) is 12.2 Å². The molecule has 20 aromatic rings. The lowest BCUT2D eigenvalue weighted by Gasteiger charge is -2.28. The molecule has 2 aliphatic rings. The van der Waals surface area contributed by atoms with Crippen LogP contribution in [0.25, 0.3) is 167 Å². The first-order valence-corrected chi connectivity index (χ1v) is 43.0. The lowest BCUT2D eigenvalue weighted by atomic mass is 9.80. The fraction of sp³-hybridized carbons (Fsp3) is 0.0667. The van der Waals surface area contributed by atoms with Gasteiger partial charge in [0.15, 0.2) is 0 Å². The van der Waals surface area contributed by atoms with E-state index in [1.54, 1.807) is 0 Å². The van der Waals surface area contributed by atoms with Crippen LogP contribution in [0.1, 0.15) is 83.7 Å². The Hall–Kier alpha value is -15.2. The number of aromatic nitrogens is 2. The molecule has 123 heavy (non-hydrogen) atoms. The monoisotopic (exact) mass is 1570 g/mol. The molecule has 0 saturated heterocycles. The fourth-order valence-corrected chi connectivity index (χ4v) is 20.1. The minimum absolute atomic E-state index is 0.0796. The molecule has 0 aliphatic heterocycles. The zero-order chi connectivity index (χ0) is 82.6. The van der Waals surface area contributed by atoms with Crippen molar-refractivity contribution in [3.05, 3.63) is 476 Å². The van der Waals surface area contributed by atoms with Gasteiger partial charge in [0, 0.05) is 66.7 Å². The van der Waals surface area contributed by atoms with Crippen molar-refractivity contribution in [1.82, 2.24) is 9.13 Å². The minimum atomic E-state index is -0.147. The van der Waals surface area contributed by atoms with Crippen LogP contribution in [0, 0.1) is 0 Å². The van der Waals surface area contributed by atoms with Crippen molar-refractivity contribution in [2.24, 2.45) is 0 Å². The molecule has 0 spiro atoms. The summed E-state index contributed by atoms with van der Waals surface area (Å²) in [6.45, 7) is 17.4. The summed E-state index contributed by atoms with van der Waals surface area (Å²) in [6.07, 6.45) is 4.67. The molecule has 0 N–H and O–H groups in total. The van der Waals surface area contributed by atoms with Gasteiger partial charge in [-0.15, -0.1) is 0 Å². The van der Waals surface area contributed by atoms with Gasteiger partial charge in [0.2, 0.25) is 0 Å². The topological polar surface area (TPSA) is 13.1 Å². The molecule has 584 valence electrons. The SMILES string of the molecule is C=Cc1ccc(-c2ccc(C(Cc3ccc4c(c3)C(C)(C)c3ccccc3-4)c3ccc(-c4ccc(-n5c6ccc(-c7ccccc7)cc6c6cc(-c7ccc8c(c7)c7cc(-c9ccccc9)ccc7n8-c7ccc(-c8ccc(N(c9ccc(-c%10ccc(C=C)cc%10)cc9)c9ccc%10c(c9)C(C)(C)c9ccccc9-%10)cc8)cc7)ccc65)cc4)cc3)cc2)cc1. The Morgan fingerprint density at radius 3 is 0.911 bits per heavy atom. The fourth-order valence-electron chi connectivity index (χ4n) is 20.1. The quantitative estimate of drug-likeness (QED) is 0.0834. The van der Waals surface area contributed by atoms with Gasteiger partial charge in [0.05, 0.1) is 22.1 Å². The van der Waals surface area contributed by atoms with Crippen molar-refractivity contribution in [3.8, 4) is 112 Å². The molecule has 0 saturated carbocycles. The third-order valence-electron chi connectivity index (χ3n) is 26.7. The van der Waals surface area contributed by atoms with Crippen molar-refractivity contribution in [2.75, 3.05) is 4.90 Å². The van der Waals surface area contributed by atoms with Gasteiger partial charge in [-0.05, 0) is 266 Å². The Morgan fingerprint density at radius 2 is 0.537 bits per heavy atom. The normalized spacial score (nSPS) is 13.1. The summed E-state index contributed by atoms with van der Waals surface area (Å²) >= 11 is 0. The maximum atomic E-state index is 3.98. The predicted molar refractivity (Wildman–Crippen MR) is 522 cm³/mol. The van der Waals surface area contributed by atoms with Crippen LogP contribution in [0.4, 0.5) is 17.1 Å². The van der Waals surface area contributed by atoms with Crippen LogP contribution in [-0.4, -0.2) is 9.13 Å². The van der Waals surface area contributed by atoms with Gasteiger partial charge >= 0.3 is 0 Å². The highest BCUT2D eigenvalue weighted by Gasteiger charge is 2.38. The molecule has 2 aromatic heterocycles. The molecular formula is C120H89N3. The molecule has 1 atom stereocenters. The Morgan fingerprint density at radius 1 is 0.252 bits per heavy atom. The Labute approximate surface area is 720 Å². The van der Waals surface area contributed by atoms with E-state index < -0.39 is 0 Å². The molecule has 3 nitrogen and oxygen atoms in total. The number of rotatable bonds is 18. The maximum absolute atomic E-state index is 3.98. The van der Waals surface area contributed by atoms with Crippen LogP contribution in [0.15, 0.2) is 426 Å². The predicted octanol–water partition coefficient (Wildman–Crippen LogP) is 32.3. The van der Waals surface area contributed by atoms with Crippen LogP contribution in [0.5, 0.6) is 0 Å². The van der Waals surface area contributed by atoms with Gasteiger partial charge in [-0.2, -0.15) is 0 Å². The van der Waals surface area contributed by atoms with Crippen LogP contribution < -0.4 is 4.90 Å². The molecule has 2 heterocycles. The second-order valence-electron chi connectivity index (χ2n) is 34.5. The van der Waals surface area contributed by atoms with E-state index in [1.165, 1.54) is 138 Å². The van der Waals surface area contributed by atoms with Crippen molar-refractivity contribution in [1.29, 1.82) is 0 Å². The summed E-state index contributed by atoms with van der Waals surface area (Å²) in [5.74, 6) is 0.132. The summed E-state index contributed by atoms with van der Waals surface area (Å²) in [4.78, 5) is 2.41. The number of fused-ring (bicyclic) bond motifs is 12. The minimum Gasteiger partial charge on any atom is -0.310 e. The molecule has 0 fully saturated rings. The smallest absolute Gasteiger partial charge is 0.0541 e. The third-order valence-corrected chi connectivity index (χ3v) is 26.7. The first kappa shape index (κ1) is 74.2. The van der Waals surface area contributed by atoms with E-state index in [9.17, 15) is 0 Å². The number of anilines is 3. The molecule has 3 heteroatoms. The molecule has 0 radical (unpaired) electrons. The van der Waals surface area contributed by atoms with Crippen LogP contribution >= 0.6 is 0 Å². The first-order chi connectivity index (χ1) is 60.3. The number of nitrogens with zero attached hydrogens (tertiary/aromatic N) is 3. The maximum Gasteiger partial charge on any atom is 0.0541 e. The van der Waals surface area contributed by atoms with Crippen LogP contribution in [-0.2, 0) is 17.3 Å². The van der Waals surface area contributed by atoms with E-state index in [4.69, 9.17) is 0 Å². The molecule has 0 amide bonds. The standard InChI is InChI=1S/C120H89N3/c1-7-78-27-32-83(33-28-78)85-36-40-91(41-37-85)106(71-80-31-65-104-102-23-15-17-25-111(102)119(3,4)113(104)72-80)92-42-38-86(39-43-92)88-48-60-99(61-49-88)122-115-67-52-93(81-19-11-9-12-20-81)73-107(115)109-75-95(54-69-117(109)122)96-55-70-118-110(76-96)108-74-94(82-21-13-10-14-22-82)53-68-116(108)123(118)100-62-50-90(51-63-100)89-46-58-98(59-47-89)121(97-56-44-87(45-57-97)84-34-29-79(8-2)30-35-84)101-64-66-105-103-24-16-18-26-112(103)120(5,6)114(105)77-101/h7-70,72-77,106H,1-2,71H2,3-6H3. The largest absolute Gasteiger partial charge is 0.310 e. The van der Waals surface area contributed by atoms with E-state index in [-0.39, 0.29) is 16.7 Å². The molecular weight excluding hydrogens is 1480 g/mol. The second-order valence-corrected chi connectivity index (χ2v) is 34.5. The molecule has 22 rings (SSSR count). The molecule has 1 unspecified atom stereocenters. The number of benzene rings is 18. The number of hydrogen-bond acceptors (Lipinski definition) is 1. The molecule has 2 aliphatic carbocycles. The van der Waals surface area contributed by atoms with Crippen molar-refractivity contribution < 1.29 is 0 Å². The summed E-state index contributed by atoms with van der Waals surface area (Å²) < 4.78 is 4.91. The van der Waals surface area contributed by atoms with Gasteiger partial charge in [-0.1, -0.05) is 356 Å². The van der Waals surface area contributed by atoms with Gasteiger partial charge < -0.3 is 14.0 Å². The van der Waals surface area contributed by atoms with Gasteiger partial charge in [0.25, 0.3) is 0 Å². The molecule has 18 aromatic carbocycles. The number of hydrogen-bond donors (Lipinski definition) is 0. The average Bonchev–Trinajstić information content (AvgIpc) is 1.66. The summed E-state index contributed by atoms with van der Waals surface area (Å²) in [5, 5.41) is 4.81. The van der Waals surface area contributed by atoms with Crippen molar-refractivity contribution in [2.45, 2.75) is 50.9 Å². The highest BCUT2D eigenvalue weighted by Crippen LogP contribution is 2.53. The second kappa shape index (κ2) is 30.0. The third kappa shape index (κ3) is 13.0. The first-order valence-electron chi connectivity index (χ1n) is 43.0. The Kier molecular flexibility index (Phi) is 18.1. The Bertz CT molecular complexity index is 7510.